The molecule has 0 aliphatic rings. The number of thiophene rings is 1. The Kier molecular flexibility index (Phi) is 5.19. The lowest BCUT2D eigenvalue weighted by atomic mass is 10.1. The highest BCUT2D eigenvalue weighted by Gasteiger charge is 2.24. The van der Waals surface area contributed by atoms with Crippen LogP contribution in [0.1, 0.15) is 11.8 Å². The first kappa shape index (κ1) is 15.5. The molecule has 1 unspecified atom stereocenters. The van der Waals surface area contributed by atoms with Crippen LogP contribution in [0.3, 0.4) is 0 Å². The second-order valence-corrected chi connectivity index (χ2v) is 7.93. The fourth-order valence-corrected chi connectivity index (χ4v) is 4.24. The second kappa shape index (κ2) is 6.04. The first-order chi connectivity index (χ1) is 8.30. The van der Waals surface area contributed by atoms with Crippen LogP contribution >= 0.6 is 23.1 Å². The van der Waals surface area contributed by atoms with Crippen LogP contribution in [-0.2, 0) is 10.0 Å². The van der Waals surface area contributed by atoms with Gasteiger partial charge in [0.1, 0.15) is 15.2 Å². The van der Waals surface area contributed by atoms with E-state index in [-0.39, 0.29) is 10.8 Å². The van der Waals surface area contributed by atoms with Crippen LogP contribution in [0.25, 0.3) is 0 Å². The highest BCUT2D eigenvalue weighted by molar-refractivity contribution is 7.98. The molecule has 0 aliphatic heterocycles. The van der Waals surface area contributed by atoms with Gasteiger partial charge in [-0.15, -0.1) is 11.3 Å². The predicted octanol–water partition coefficient (Wildman–Crippen LogP) is 1.01. The van der Waals surface area contributed by atoms with Gasteiger partial charge in [-0.25, -0.2) is 13.1 Å². The molecule has 1 atom stereocenters. The van der Waals surface area contributed by atoms with Crippen molar-refractivity contribution < 1.29 is 13.5 Å². The molecule has 0 radical (unpaired) electrons. The summed E-state index contributed by atoms with van der Waals surface area (Å²) in [4.78, 5) is 0.339. The van der Waals surface area contributed by atoms with Crippen LogP contribution in [0.5, 0.6) is 0 Å². The van der Waals surface area contributed by atoms with Crippen molar-refractivity contribution in [1.29, 1.82) is 5.26 Å². The van der Waals surface area contributed by atoms with Crippen molar-refractivity contribution in [2.45, 2.75) is 16.7 Å². The van der Waals surface area contributed by atoms with Crippen molar-refractivity contribution in [2.75, 3.05) is 18.6 Å². The fraction of sp³-hybridized carbons (Fsp3) is 0.500. The average molecular weight is 306 g/mol. The maximum atomic E-state index is 11.9. The monoisotopic (exact) mass is 306 g/mol. The molecule has 8 heteroatoms. The maximum absolute atomic E-state index is 11.9. The van der Waals surface area contributed by atoms with Gasteiger partial charge in [-0.2, -0.15) is 17.0 Å². The van der Waals surface area contributed by atoms with E-state index in [1.54, 1.807) is 6.92 Å². The lowest BCUT2D eigenvalue weighted by Gasteiger charge is -2.22. The maximum Gasteiger partial charge on any atom is 0.250 e. The molecular weight excluding hydrogens is 292 g/mol. The molecule has 0 fully saturated rings. The van der Waals surface area contributed by atoms with Crippen LogP contribution in [0.15, 0.2) is 16.3 Å². The average Bonchev–Trinajstić information content (AvgIpc) is 2.76. The molecule has 0 amide bonds. The first-order valence-corrected chi connectivity index (χ1v) is 8.71. The number of nitrogens with zero attached hydrogens (tertiary/aromatic N) is 1. The lowest BCUT2D eigenvalue weighted by molar-refractivity contribution is 0.0909. The summed E-state index contributed by atoms with van der Waals surface area (Å²) < 4.78 is 26.2. The normalized spacial score (nSPS) is 15.0. The number of aliphatic hydroxyl groups is 1. The minimum Gasteiger partial charge on any atom is -0.388 e. The van der Waals surface area contributed by atoms with Crippen molar-refractivity contribution in [2.24, 2.45) is 0 Å². The quantitative estimate of drug-likeness (QED) is 0.818. The van der Waals surface area contributed by atoms with E-state index in [1.165, 1.54) is 23.9 Å². The van der Waals surface area contributed by atoms with Gasteiger partial charge >= 0.3 is 0 Å². The van der Waals surface area contributed by atoms with Gasteiger partial charge in [0.05, 0.1) is 5.60 Å². The summed E-state index contributed by atoms with van der Waals surface area (Å²) in [7, 11) is -3.65. The number of rotatable bonds is 6. The Morgan fingerprint density at radius 1 is 1.61 bits per heavy atom. The van der Waals surface area contributed by atoms with E-state index in [1.807, 2.05) is 12.3 Å². The van der Waals surface area contributed by atoms with Gasteiger partial charge in [0.15, 0.2) is 0 Å². The summed E-state index contributed by atoms with van der Waals surface area (Å²) in [5.74, 6) is 0.434. The third-order valence-electron chi connectivity index (χ3n) is 2.05. The SMILES string of the molecule is CSCC(C)(O)CNS(=O)(=O)c1ccc(C#N)s1. The zero-order valence-electron chi connectivity index (χ0n) is 10.0. The van der Waals surface area contributed by atoms with Crippen molar-refractivity contribution in [3.8, 4) is 6.07 Å². The Labute approximate surface area is 115 Å². The Hall–Kier alpha value is -0.590. The highest BCUT2D eigenvalue weighted by atomic mass is 32.2. The molecule has 0 bridgehead atoms. The predicted molar refractivity (Wildman–Crippen MR) is 73.2 cm³/mol. The summed E-state index contributed by atoms with van der Waals surface area (Å²) in [6, 6.07) is 4.73. The topological polar surface area (TPSA) is 90.2 Å². The number of nitriles is 1. The molecule has 0 spiro atoms. The van der Waals surface area contributed by atoms with E-state index in [0.29, 0.717) is 10.6 Å². The molecular formula is C10H14N2O3S3. The van der Waals surface area contributed by atoms with Gasteiger partial charge in [-0.1, -0.05) is 0 Å². The Morgan fingerprint density at radius 3 is 2.78 bits per heavy atom. The van der Waals surface area contributed by atoms with Gasteiger partial charge in [-0.05, 0) is 25.3 Å². The minimum atomic E-state index is -3.65. The first-order valence-electron chi connectivity index (χ1n) is 5.02. The number of hydrogen-bond acceptors (Lipinski definition) is 6. The van der Waals surface area contributed by atoms with E-state index in [4.69, 9.17) is 5.26 Å². The van der Waals surface area contributed by atoms with E-state index >= 15 is 0 Å². The summed E-state index contributed by atoms with van der Waals surface area (Å²) in [6.07, 6.45) is 1.83. The molecule has 1 heterocycles. The zero-order chi connectivity index (χ0) is 13.8. The number of nitrogens with one attached hydrogen (secondary N) is 1. The van der Waals surface area contributed by atoms with Gasteiger partial charge in [0.2, 0.25) is 10.0 Å². The van der Waals surface area contributed by atoms with E-state index in [2.05, 4.69) is 4.72 Å². The summed E-state index contributed by atoms with van der Waals surface area (Å²) in [5, 5.41) is 18.5. The van der Waals surface area contributed by atoms with Crippen molar-refractivity contribution in [3.63, 3.8) is 0 Å². The minimum absolute atomic E-state index is 0.0596. The van der Waals surface area contributed by atoms with Crippen molar-refractivity contribution in [1.82, 2.24) is 4.72 Å². The molecule has 5 nitrogen and oxygen atoms in total. The van der Waals surface area contributed by atoms with Gasteiger partial charge < -0.3 is 5.11 Å². The Bertz CT molecular complexity index is 543. The molecule has 1 rings (SSSR count). The summed E-state index contributed by atoms with van der Waals surface area (Å²) in [5.41, 5.74) is -1.10. The summed E-state index contributed by atoms with van der Waals surface area (Å²) >= 11 is 2.34. The molecule has 100 valence electrons. The molecule has 2 N–H and O–H groups in total. The highest BCUT2D eigenvalue weighted by Crippen LogP contribution is 2.21. The third kappa shape index (κ3) is 4.26. The molecule has 1 aromatic rings. The van der Waals surface area contributed by atoms with Crippen LogP contribution in [-0.4, -0.2) is 37.7 Å². The van der Waals surface area contributed by atoms with Gasteiger partial charge in [0, 0.05) is 12.3 Å². The molecule has 0 saturated heterocycles. The van der Waals surface area contributed by atoms with Crippen molar-refractivity contribution >= 4 is 33.1 Å². The standard InChI is InChI=1S/C10H14N2O3S3/c1-10(13,7-16-2)6-12-18(14,15)9-4-3-8(5-11)17-9/h3-4,12-13H,6-7H2,1-2H3. The molecule has 1 aromatic heterocycles. The number of sulfonamides is 1. The largest absolute Gasteiger partial charge is 0.388 e. The van der Waals surface area contributed by atoms with Crippen LogP contribution < -0.4 is 4.72 Å². The molecule has 0 saturated carbocycles. The smallest absolute Gasteiger partial charge is 0.250 e. The van der Waals surface area contributed by atoms with Crippen LogP contribution in [0, 0.1) is 11.3 Å². The third-order valence-corrected chi connectivity index (χ3v) is 5.85. The number of hydrogen-bond donors (Lipinski definition) is 2. The number of thioether (sulfide) groups is 1. The summed E-state index contributed by atoms with van der Waals surface area (Å²) in [6.45, 7) is 1.51. The second-order valence-electron chi connectivity index (χ2n) is 3.98. The fourth-order valence-electron chi connectivity index (χ4n) is 1.21. The lowest BCUT2D eigenvalue weighted by Crippen LogP contribution is -2.42. The molecule has 0 aliphatic carbocycles. The van der Waals surface area contributed by atoms with Crippen LogP contribution in [0.2, 0.25) is 0 Å². The molecule has 18 heavy (non-hydrogen) atoms. The van der Waals surface area contributed by atoms with E-state index in [0.717, 1.165) is 11.3 Å². The Morgan fingerprint density at radius 2 is 2.28 bits per heavy atom. The Balaban J connectivity index is 2.75. The van der Waals surface area contributed by atoms with E-state index in [9.17, 15) is 13.5 Å². The van der Waals surface area contributed by atoms with Gasteiger partial charge in [-0.3, -0.25) is 0 Å². The zero-order valence-corrected chi connectivity index (χ0v) is 12.5. The molecule has 0 aromatic carbocycles. The van der Waals surface area contributed by atoms with E-state index < -0.39 is 15.6 Å². The van der Waals surface area contributed by atoms with Crippen LogP contribution in [0.4, 0.5) is 0 Å². The van der Waals surface area contributed by atoms with Gasteiger partial charge in [0.25, 0.3) is 0 Å². The van der Waals surface area contributed by atoms with Crippen molar-refractivity contribution in [3.05, 3.63) is 17.0 Å².